The van der Waals surface area contributed by atoms with Crippen molar-refractivity contribution in [3.8, 4) is 0 Å². The van der Waals surface area contributed by atoms with Gasteiger partial charge in [0.05, 0.1) is 18.8 Å². The third-order valence-corrected chi connectivity index (χ3v) is 4.11. The molecule has 3 nitrogen and oxygen atoms in total. The van der Waals surface area contributed by atoms with E-state index < -0.39 is 0 Å². The standard InChI is InChI=1S/C16H25NO2/c1-3-17(4-2)14-10-11-15(16(14)18)19-12-13-8-6-5-7-9-13/h5-9,14-16,18H,3-4,10-12H2,1-2H3/t14-,15-,16+/m1/s1. The molecule has 1 aromatic rings. The minimum atomic E-state index is -0.358. The summed E-state index contributed by atoms with van der Waals surface area (Å²) >= 11 is 0. The Labute approximate surface area is 116 Å². The van der Waals surface area contributed by atoms with Crippen molar-refractivity contribution < 1.29 is 9.84 Å². The number of hydrogen-bond donors (Lipinski definition) is 1. The molecule has 19 heavy (non-hydrogen) atoms. The maximum atomic E-state index is 10.4. The van der Waals surface area contributed by atoms with Crippen LogP contribution >= 0.6 is 0 Å². The van der Waals surface area contributed by atoms with E-state index in [1.807, 2.05) is 18.2 Å². The minimum Gasteiger partial charge on any atom is -0.389 e. The molecule has 1 aliphatic rings. The lowest BCUT2D eigenvalue weighted by atomic mass is 10.1. The van der Waals surface area contributed by atoms with Gasteiger partial charge in [-0.05, 0) is 31.5 Å². The Morgan fingerprint density at radius 3 is 2.47 bits per heavy atom. The average Bonchev–Trinajstić information content (AvgIpc) is 2.81. The molecule has 0 amide bonds. The van der Waals surface area contributed by atoms with Crippen LogP contribution in [0.3, 0.4) is 0 Å². The predicted molar refractivity (Wildman–Crippen MR) is 77.0 cm³/mol. The summed E-state index contributed by atoms with van der Waals surface area (Å²) in [6.45, 7) is 6.86. The number of benzene rings is 1. The molecule has 1 saturated carbocycles. The van der Waals surface area contributed by atoms with Crippen LogP contribution in [0.2, 0.25) is 0 Å². The number of rotatable bonds is 6. The second-order valence-corrected chi connectivity index (χ2v) is 5.19. The first-order valence-electron chi connectivity index (χ1n) is 7.33. The molecule has 1 N–H and O–H groups in total. The van der Waals surface area contributed by atoms with Gasteiger partial charge < -0.3 is 9.84 Å². The Morgan fingerprint density at radius 1 is 1.16 bits per heavy atom. The fraction of sp³-hybridized carbons (Fsp3) is 0.625. The van der Waals surface area contributed by atoms with Crippen molar-refractivity contribution in [3.05, 3.63) is 35.9 Å². The molecule has 1 fully saturated rings. The van der Waals surface area contributed by atoms with Crippen molar-refractivity contribution >= 4 is 0 Å². The van der Waals surface area contributed by atoms with Crippen LogP contribution in [-0.4, -0.2) is 41.3 Å². The Kier molecular flexibility index (Phi) is 5.37. The van der Waals surface area contributed by atoms with E-state index in [-0.39, 0.29) is 18.2 Å². The molecule has 0 saturated heterocycles. The number of nitrogens with zero attached hydrogens (tertiary/aromatic N) is 1. The van der Waals surface area contributed by atoms with Gasteiger partial charge in [0, 0.05) is 6.04 Å². The molecule has 0 heterocycles. The average molecular weight is 263 g/mol. The van der Waals surface area contributed by atoms with Gasteiger partial charge >= 0.3 is 0 Å². The summed E-state index contributed by atoms with van der Waals surface area (Å²) in [5, 5.41) is 10.4. The maximum absolute atomic E-state index is 10.4. The van der Waals surface area contributed by atoms with Crippen LogP contribution < -0.4 is 0 Å². The van der Waals surface area contributed by atoms with Crippen LogP contribution in [0.4, 0.5) is 0 Å². The monoisotopic (exact) mass is 263 g/mol. The van der Waals surface area contributed by atoms with Crippen molar-refractivity contribution in [1.82, 2.24) is 4.90 Å². The second-order valence-electron chi connectivity index (χ2n) is 5.19. The minimum absolute atomic E-state index is 0.0224. The highest BCUT2D eigenvalue weighted by Crippen LogP contribution is 2.27. The molecular formula is C16H25NO2. The molecule has 0 bridgehead atoms. The number of hydrogen-bond acceptors (Lipinski definition) is 3. The Bertz CT molecular complexity index is 364. The van der Waals surface area contributed by atoms with E-state index in [1.165, 1.54) is 5.56 Å². The summed E-state index contributed by atoms with van der Waals surface area (Å²) < 4.78 is 5.89. The molecule has 3 atom stereocenters. The molecule has 1 aliphatic carbocycles. The second kappa shape index (κ2) is 7.04. The van der Waals surface area contributed by atoms with Crippen molar-refractivity contribution in [2.45, 2.75) is 51.5 Å². The van der Waals surface area contributed by atoms with E-state index in [4.69, 9.17) is 4.74 Å². The van der Waals surface area contributed by atoms with E-state index in [2.05, 4.69) is 30.9 Å². The van der Waals surface area contributed by atoms with Crippen molar-refractivity contribution in [3.63, 3.8) is 0 Å². The summed E-state index contributed by atoms with van der Waals surface area (Å²) in [7, 11) is 0. The number of aliphatic hydroxyl groups excluding tert-OH is 1. The first-order valence-corrected chi connectivity index (χ1v) is 7.33. The van der Waals surface area contributed by atoms with Crippen molar-refractivity contribution in [1.29, 1.82) is 0 Å². The van der Waals surface area contributed by atoms with Gasteiger partial charge in [-0.2, -0.15) is 0 Å². The predicted octanol–water partition coefficient (Wildman–Crippen LogP) is 2.44. The third-order valence-electron chi connectivity index (χ3n) is 4.11. The highest BCUT2D eigenvalue weighted by Gasteiger charge is 2.37. The molecule has 0 radical (unpaired) electrons. The highest BCUT2D eigenvalue weighted by molar-refractivity contribution is 5.13. The van der Waals surface area contributed by atoms with Gasteiger partial charge in [0.25, 0.3) is 0 Å². The summed E-state index contributed by atoms with van der Waals surface area (Å²) in [6, 6.07) is 10.4. The Hall–Kier alpha value is -0.900. The van der Waals surface area contributed by atoms with Crippen LogP contribution in [0.25, 0.3) is 0 Å². The maximum Gasteiger partial charge on any atom is 0.0956 e. The molecular weight excluding hydrogens is 238 g/mol. The fourth-order valence-electron chi connectivity index (χ4n) is 2.97. The molecule has 106 valence electrons. The Balaban J connectivity index is 1.86. The quantitative estimate of drug-likeness (QED) is 0.855. The van der Waals surface area contributed by atoms with Crippen LogP contribution in [0.1, 0.15) is 32.3 Å². The third kappa shape index (κ3) is 3.56. The lowest BCUT2D eigenvalue weighted by Gasteiger charge is -2.29. The highest BCUT2D eigenvalue weighted by atomic mass is 16.5. The number of aliphatic hydroxyl groups is 1. The molecule has 0 spiro atoms. The first-order chi connectivity index (χ1) is 9.26. The van der Waals surface area contributed by atoms with Crippen molar-refractivity contribution in [2.24, 2.45) is 0 Å². The normalized spacial score (nSPS) is 27.1. The van der Waals surface area contributed by atoms with Crippen molar-refractivity contribution in [2.75, 3.05) is 13.1 Å². The zero-order chi connectivity index (χ0) is 13.7. The first kappa shape index (κ1) is 14.5. The number of likely N-dealkylation sites (N-methyl/N-ethyl adjacent to an activating group) is 1. The summed E-state index contributed by atoms with van der Waals surface area (Å²) in [5.41, 5.74) is 1.17. The van der Waals surface area contributed by atoms with E-state index >= 15 is 0 Å². The van der Waals surface area contributed by atoms with Gasteiger partial charge in [-0.1, -0.05) is 44.2 Å². The summed E-state index contributed by atoms with van der Waals surface area (Å²) in [6.07, 6.45) is 1.60. The molecule has 0 aromatic heterocycles. The zero-order valence-electron chi connectivity index (χ0n) is 12.0. The zero-order valence-corrected chi connectivity index (χ0v) is 12.0. The molecule has 1 aromatic carbocycles. The van der Waals surface area contributed by atoms with E-state index in [9.17, 15) is 5.11 Å². The number of ether oxygens (including phenoxy) is 1. The van der Waals surface area contributed by atoms with Crippen LogP contribution in [0.5, 0.6) is 0 Å². The largest absolute Gasteiger partial charge is 0.389 e. The summed E-state index contributed by atoms with van der Waals surface area (Å²) in [4.78, 5) is 2.33. The lowest BCUT2D eigenvalue weighted by molar-refractivity contribution is -0.0485. The van der Waals surface area contributed by atoms with Crippen LogP contribution in [0, 0.1) is 0 Å². The summed E-state index contributed by atoms with van der Waals surface area (Å²) in [5.74, 6) is 0. The van der Waals surface area contributed by atoms with Crippen LogP contribution in [0.15, 0.2) is 30.3 Å². The topological polar surface area (TPSA) is 32.7 Å². The van der Waals surface area contributed by atoms with E-state index in [0.717, 1.165) is 25.9 Å². The van der Waals surface area contributed by atoms with Gasteiger partial charge in [0.2, 0.25) is 0 Å². The van der Waals surface area contributed by atoms with E-state index in [1.54, 1.807) is 0 Å². The van der Waals surface area contributed by atoms with Gasteiger partial charge in [-0.15, -0.1) is 0 Å². The SMILES string of the molecule is CCN(CC)[C@@H]1CC[C@@H](OCc2ccccc2)[C@H]1O. The van der Waals surface area contributed by atoms with Gasteiger partial charge in [-0.25, -0.2) is 0 Å². The Morgan fingerprint density at radius 2 is 1.84 bits per heavy atom. The molecule has 3 heteroatoms. The van der Waals surface area contributed by atoms with E-state index in [0.29, 0.717) is 6.61 Å². The smallest absolute Gasteiger partial charge is 0.0956 e. The fourth-order valence-corrected chi connectivity index (χ4v) is 2.97. The molecule has 0 unspecified atom stereocenters. The van der Waals surface area contributed by atoms with Gasteiger partial charge in [-0.3, -0.25) is 4.90 Å². The van der Waals surface area contributed by atoms with Gasteiger partial charge in [0.15, 0.2) is 0 Å². The van der Waals surface area contributed by atoms with Gasteiger partial charge in [0.1, 0.15) is 0 Å². The lowest BCUT2D eigenvalue weighted by Crippen LogP contribution is -2.43. The molecule has 0 aliphatic heterocycles. The molecule has 2 rings (SSSR count). The van der Waals surface area contributed by atoms with Crippen LogP contribution in [-0.2, 0) is 11.3 Å².